The first-order valence-corrected chi connectivity index (χ1v) is 19.4. The predicted molar refractivity (Wildman–Crippen MR) is 138 cm³/mol. The summed E-state index contributed by atoms with van der Waals surface area (Å²) in [6, 6.07) is 6.50. The van der Waals surface area contributed by atoms with Crippen molar-refractivity contribution in [1.29, 1.82) is 0 Å². The minimum atomic E-state index is -1.13. The van der Waals surface area contributed by atoms with Gasteiger partial charge in [-0.1, -0.05) is 39.3 Å². The fraction of sp³-hybridized carbons (Fsp3) is 0.739. The Bertz CT molecular complexity index is 840. The van der Waals surface area contributed by atoms with Crippen molar-refractivity contribution in [3.8, 4) is 0 Å². The average molecular weight is 478 g/mol. The SMILES string of the molecule is CN1CCC(c2cc(N(COCC[Si](C)(C)C)COCC[Si](C)(C)C)n3nccc3n2)C1. The van der Waals surface area contributed by atoms with Gasteiger partial charge in [0.25, 0.3) is 0 Å². The zero-order chi connectivity index (χ0) is 23.4. The van der Waals surface area contributed by atoms with Crippen molar-refractivity contribution in [3.63, 3.8) is 0 Å². The maximum Gasteiger partial charge on any atom is 0.157 e. The summed E-state index contributed by atoms with van der Waals surface area (Å²) < 4.78 is 14.2. The maximum atomic E-state index is 6.15. The summed E-state index contributed by atoms with van der Waals surface area (Å²) in [6.07, 6.45) is 2.97. The Hall–Kier alpha value is -1.27. The molecule has 0 spiro atoms. The lowest BCUT2D eigenvalue weighted by atomic mass is 10.0. The molecule has 1 fully saturated rings. The van der Waals surface area contributed by atoms with Crippen molar-refractivity contribution < 1.29 is 9.47 Å². The Balaban J connectivity index is 1.78. The molecule has 180 valence electrons. The second-order valence-corrected chi connectivity index (χ2v) is 22.9. The van der Waals surface area contributed by atoms with Gasteiger partial charge in [0.2, 0.25) is 0 Å². The quantitative estimate of drug-likeness (QED) is 0.253. The molecule has 3 rings (SSSR count). The number of likely N-dealkylation sites (tertiary alicyclic amines) is 1. The lowest BCUT2D eigenvalue weighted by Gasteiger charge is -2.27. The van der Waals surface area contributed by atoms with E-state index >= 15 is 0 Å². The van der Waals surface area contributed by atoms with Gasteiger partial charge in [-0.25, -0.2) is 4.98 Å². The molecule has 32 heavy (non-hydrogen) atoms. The molecule has 2 aromatic heterocycles. The van der Waals surface area contributed by atoms with E-state index in [9.17, 15) is 0 Å². The molecule has 0 bridgehead atoms. The third-order valence-electron chi connectivity index (χ3n) is 5.98. The zero-order valence-corrected chi connectivity index (χ0v) is 23.2. The minimum Gasteiger partial charge on any atom is -0.361 e. The van der Waals surface area contributed by atoms with E-state index in [1.165, 1.54) is 0 Å². The summed E-state index contributed by atoms with van der Waals surface area (Å²) in [4.78, 5) is 9.49. The van der Waals surface area contributed by atoms with Crippen molar-refractivity contribution in [2.75, 3.05) is 51.7 Å². The Morgan fingerprint density at radius 1 is 1.03 bits per heavy atom. The van der Waals surface area contributed by atoms with Crippen LogP contribution in [0.2, 0.25) is 51.4 Å². The summed E-state index contributed by atoms with van der Waals surface area (Å²) in [5, 5.41) is 4.56. The van der Waals surface area contributed by atoms with E-state index < -0.39 is 16.1 Å². The van der Waals surface area contributed by atoms with Crippen LogP contribution in [0.3, 0.4) is 0 Å². The minimum absolute atomic E-state index is 0.459. The van der Waals surface area contributed by atoms with Gasteiger partial charge < -0.3 is 19.3 Å². The molecule has 0 saturated carbocycles. The number of aromatic nitrogens is 3. The van der Waals surface area contributed by atoms with E-state index in [1.54, 1.807) is 0 Å². The molecule has 0 aliphatic carbocycles. The summed E-state index contributed by atoms with van der Waals surface area (Å²) >= 11 is 0. The van der Waals surface area contributed by atoms with E-state index in [-0.39, 0.29) is 0 Å². The third-order valence-corrected chi connectivity index (χ3v) is 9.39. The van der Waals surface area contributed by atoms with Crippen LogP contribution in [0, 0.1) is 0 Å². The highest BCUT2D eigenvalue weighted by atomic mass is 28.3. The molecule has 1 unspecified atom stereocenters. The molecule has 3 heterocycles. The smallest absolute Gasteiger partial charge is 0.157 e. The van der Waals surface area contributed by atoms with Crippen LogP contribution < -0.4 is 4.90 Å². The van der Waals surface area contributed by atoms with Crippen molar-refractivity contribution in [2.45, 2.75) is 63.7 Å². The highest BCUT2D eigenvalue weighted by Gasteiger charge is 2.25. The van der Waals surface area contributed by atoms with Crippen LogP contribution in [0.5, 0.6) is 0 Å². The molecule has 0 aromatic carbocycles. The molecule has 0 N–H and O–H groups in total. The van der Waals surface area contributed by atoms with Gasteiger partial charge >= 0.3 is 0 Å². The lowest BCUT2D eigenvalue weighted by Crippen LogP contribution is -2.33. The van der Waals surface area contributed by atoms with Gasteiger partial charge in [-0.3, -0.25) is 0 Å². The first kappa shape index (κ1) is 25.4. The van der Waals surface area contributed by atoms with Crippen LogP contribution in [0.15, 0.2) is 18.3 Å². The molecule has 9 heteroatoms. The molecule has 7 nitrogen and oxygen atoms in total. The normalized spacial score (nSPS) is 18.0. The Morgan fingerprint density at radius 2 is 1.66 bits per heavy atom. The van der Waals surface area contributed by atoms with Gasteiger partial charge in [0.1, 0.15) is 19.3 Å². The van der Waals surface area contributed by atoms with Crippen molar-refractivity contribution in [1.82, 2.24) is 19.5 Å². The summed E-state index contributed by atoms with van der Waals surface area (Å²) in [5.74, 6) is 1.46. The van der Waals surface area contributed by atoms with Crippen molar-refractivity contribution >= 4 is 27.6 Å². The van der Waals surface area contributed by atoms with E-state index in [0.29, 0.717) is 19.4 Å². The number of likely N-dealkylation sites (N-methyl/N-ethyl adjacent to an activating group) is 1. The second kappa shape index (κ2) is 10.8. The number of ether oxygens (including phenoxy) is 2. The van der Waals surface area contributed by atoms with Crippen molar-refractivity contribution in [3.05, 3.63) is 24.0 Å². The van der Waals surface area contributed by atoms with E-state index in [2.05, 4.69) is 67.3 Å². The molecular weight excluding hydrogens is 434 g/mol. The van der Waals surface area contributed by atoms with Gasteiger partial charge in [-0.05, 0) is 32.1 Å². The first-order chi connectivity index (χ1) is 15.0. The Labute approximate surface area is 196 Å². The Morgan fingerprint density at radius 3 is 2.19 bits per heavy atom. The van der Waals surface area contributed by atoms with Crippen LogP contribution >= 0.6 is 0 Å². The van der Waals surface area contributed by atoms with Gasteiger partial charge in [0.05, 0.1) is 11.9 Å². The molecule has 0 amide bonds. The van der Waals surface area contributed by atoms with Crippen LogP contribution in [-0.2, 0) is 9.47 Å². The summed E-state index contributed by atoms with van der Waals surface area (Å²) in [5.41, 5.74) is 2.03. The van der Waals surface area contributed by atoms with Gasteiger partial charge in [0, 0.05) is 54.0 Å². The molecule has 0 radical (unpaired) electrons. The maximum absolute atomic E-state index is 6.15. The third kappa shape index (κ3) is 7.65. The van der Waals surface area contributed by atoms with Crippen LogP contribution in [-0.4, -0.2) is 82.5 Å². The van der Waals surface area contributed by atoms with Crippen LogP contribution in [0.25, 0.3) is 5.65 Å². The summed E-state index contributed by atoms with van der Waals surface area (Å²) in [6.45, 7) is 19.0. The lowest BCUT2D eigenvalue weighted by molar-refractivity contribution is 0.0942. The molecular formula is C23H43N5O2Si2. The monoisotopic (exact) mass is 477 g/mol. The molecule has 1 saturated heterocycles. The molecule has 2 aromatic rings. The van der Waals surface area contributed by atoms with Crippen LogP contribution in [0.4, 0.5) is 5.82 Å². The van der Waals surface area contributed by atoms with Crippen molar-refractivity contribution in [2.24, 2.45) is 0 Å². The number of anilines is 1. The molecule has 1 atom stereocenters. The fourth-order valence-electron chi connectivity index (χ4n) is 3.80. The Kier molecular flexibility index (Phi) is 8.54. The number of rotatable bonds is 12. The van der Waals surface area contributed by atoms with Crippen LogP contribution in [0.1, 0.15) is 18.0 Å². The van der Waals surface area contributed by atoms with E-state index in [4.69, 9.17) is 14.5 Å². The largest absolute Gasteiger partial charge is 0.361 e. The average Bonchev–Trinajstić information content (AvgIpc) is 3.33. The summed E-state index contributed by atoms with van der Waals surface area (Å²) in [7, 11) is -0.0747. The molecule has 1 aliphatic heterocycles. The number of nitrogens with zero attached hydrogens (tertiary/aromatic N) is 5. The highest BCUT2D eigenvalue weighted by molar-refractivity contribution is 6.76. The number of hydrogen-bond donors (Lipinski definition) is 0. The standard InChI is InChI=1S/C23H43N5O2Si2/c1-26-11-9-20(17-26)21-16-23(28-22(25-21)8-10-24-28)27(18-29-12-14-31(2,3)4)19-30-13-15-32(5,6)7/h8,10,16,20H,9,11-15,17-19H2,1-7H3. The number of fused-ring (bicyclic) bond motifs is 1. The predicted octanol–water partition coefficient (Wildman–Crippen LogP) is 4.58. The van der Waals surface area contributed by atoms with E-state index in [1.807, 2.05) is 16.8 Å². The number of hydrogen-bond acceptors (Lipinski definition) is 6. The highest BCUT2D eigenvalue weighted by Crippen LogP contribution is 2.28. The topological polar surface area (TPSA) is 55.1 Å². The van der Waals surface area contributed by atoms with Gasteiger partial charge in [0.15, 0.2) is 5.65 Å². The van der Waals surface area contributed by atoms with E-state index in [0.717, 1.165) is 62.0 Å². The first-order valence-electron chi connectivity index (χ1n) is 12.0. The zero-order valence-electron chi connectivity index (χ0n) is 21.2. The second-order valence-electron chi connectivity index (χ2n) is 11.6. The van der Waals surface area contributed by atoms with Gasteiger partial charge in [-0.2, -0.15) is 9.61 Å². The fourth-order valence-corrected chi connectivity index (χ4v) is 5.32. The molecule has 1 aliphatic rings. The van der Waals surface area contributed by atoms with Gasteiger partial charge in [-0.15, -0.1) is 0 Å².